The van der Waals surface area contributed by atoms with Gasteiger partial charge >= 0.3 is 0 Å². The van der Waals surface area contributed by atoms with Crippen molar-refractivity contribution in [2.24, 2.45) is 4.99 Å². The van der Waals surface area contributed by atoms with Crippen LogP contribution in [-0.2, 0) is 4.79 Å². The number of ether oxygens (including phenoxy) is 2. The van der Waals surface area contributed by atoms with Crippen molar-refractivity contribution in [3.8, 4) is 11.5 Å². The lowest BCUT2D eigenvalue weighted by atomic mass is 10.1. The van der Waals surface area contributed by atoms with E-state index in [1.807, 2.05) is 54.6 Å². The Kier molecular flexibility index (Phi) is 5.04. The van der Waals surface area contributed by atoms with E-state index in [-0.39, 0.29) is 5.91 Å². The predicted octanol–water partition coefficient (Wildman–Crippen LogP) is 4.75. The number of methoxy groups -OCH3 is 2. The molecule has 0 spiro atoms. The smallest absolute Gasteiger partial charge is 0.264 e. The first-order valence-corrected chi connectivity index (χ1v) is 9.49. The lowest BCUT2D eigenvalue weighted by Gasteiger charge is -2.07. The van der Waals surface area contributed by atoms with E-state index >= 15 is 0 Å². The summed E-state index contributed by atoms with van der Waals surface area (Å²) in [7, 11) is 3.19. The summed E-state index contributed by atoms with van der Waals surface area (Å²) in [5, 5.41) is 5.55. The molecule has 0 radical (unpaired) electrons. The van der Waals surface area contributed by atoms with Gasteiger partial charge in [-0.05, 0) is 41.4 Å². The van der Waals surface area contributed by atoms with Crippen LogP contribution in [-0.4, -0.2) is 25.3 Å². The summed E-state index contributed by atoms with van der Waals surface area (Å²) in [6, 6.07) is 19.5. The number of aliphatic imine (C=N–C) groups is 1. The topological polar surface area (TPSA) is 59.9 Å². The van der Waals surface area contributed by atoms with Gasteiger partial charge in [-0.3, -0.25) is 4.79 Å². The highest BCUT2D eigenvalue weighted by atomic mass is 32.2. The molecule has 0 unspecified atom stereocenters. The molecule has 1 heterocycles. The number of rotatable bonds is 4. The number of carbonyl (C=O) groups excluding carboxylic acids is 1. The Morgan fingerprint density at radius 3 is 2.64 bits per heavy atom. The van der Waals surface area contributed by atoms with E-state index in [2.05, 4.69) is 10.3 Å². The largest absolute Gasteiger partial charge is 0.497 e. The second kappa shape index (κ2) is 7.78. The molecule has 3 aromatic carbocycles. The van der Waals surface area contributed by atoms with E-state index in [1.165, 1.54) is 11.8 Å². The molecule has 1 N–H and O–H groups in total. The number of nitrogens with one attached hydrogen (secondary N) is 1. The molecule has 1 saturated heterocycles. The fraction of sp³-hybridized carbons (Fsp3) is 0.0909. The second-order valence-corrected chi connectivity index (χ2v) is 7.12. The van der Waals surface area contributed by atoms with Crippen LogP contribution in [0.4, 0.5) is 5.69 Å². The maximum atomic E-state index is 12.4. The Balaban J connectivity index is 1.66. The van der Waals surface area contributed by atoms with Crippen LogP contribution in [0.15, 0.2) is 70.6 Å². The van der Waals surface area contributed by atoms with E-state index in [4.69, 9.17) is 9.47 Å². The van der Waals surface area contributed by atoms with Gasteiger partial charge in [-0.2, -0.15) is 0 Å². The third-order valence-electron chi connectivity index (χ3n) is 4.37. The van der Waals surface area contributed by atoms with Crippen molar-refractivity contribution in [1.82, 2.24) is 5.32 Å². The molecule has 1 aliphatic heterocycles. The summed E-state index contributed by atoms with van der Waals surface area (Å²) in [6.07, 6.45) is 1.80. The van der Waals surface area contributed by atoms with Gasteiger partial charge < -0.3 is 14.8 Å². The molecule has 4 rings (SSSR count). The number of benzene rings is 3. The maximum Gasteiger partial charge on any atom is 0.264 e. The molecule has 28 heavy (non-hydrogen) atoms. The van der Waals surface area contributed by atoms with Crippen molar-refractivity contribution in [2.45, 2.75) is 0 Å². The third-order valence-corrected chi connectivity index (χ3v) is 5.28. The van der Waals surface area contributed by atoms with E-state index in [9.17, 15) is 4.79 Å². The lowest BCUT2D eigenvalue weighted by Crippen LogP contribution is -2.19. The molecule has 5 nitrogen and oxygen atoms in total. The van der Waals surface area contributed by atoms with Crippen LogP contribution in [0.2, 0.25) is 0 Å². The summed E-state index contributed by atoms with van der Waals surface area (Å²) in [5.41, 5.74) is 1.62. The van der Waals surface area contributed by atoms with E-state index in [0.717, 1.165) is 22.0 Å². The Hall–Kier alpha value is -3.25. The normalized spacial score (nSPS) is 16.6. The van der Waals surface area contributed by atoms with Crippen LogP contribution in [0.5, 0.6) is 11.5 Å². The van der Waals surface area contributed by atoms with Gasteiger partial charge in [-0.1, -0.05) is 36.4 Å². The van der Waals surface area contributed by atoms with Crippen LogP contribution >= 0.6 is 11.8 Å². The van der Waals surface area contributed by atoms with Gasteiger partial charge in [0.05, 0.1) is 24.8 Å². The number of hydrogen-bond donors (Lipinski definition) is 1. The number of thioether (sulfide) groups is 1. The molecule has 3 aromatic rings. The summed E-state index contributed by atoms with van der Waals surface area (Å²) < 4.78 is 10.6. The first-order valence-electron chi connectivity index (χ1n) is 8.67. The maximum absolute atomic E-state index is 12.4. The van der Waals surface area contributed by atoms with Gasteiger partial charge in [0.2, 0.25) is 0 Å². The zero-order valence-corrected chi connectivity index (χ0v) is 16.2. The molecular weight excluding hydrogens is 372 g/mol. The number of hydrogen-bond acceptors (Lipinski definition) is 5. The van der Waals surface area contributed by atoms with Gasteiger partial charge in [0.1, 0.15) is 11.5 Å². The minimum atomic E-state index is -0.179. The van der Waals surface area contributed by atoms with E-state index in [0.29, 0.717) is 21.6 Å². The monoisotopic (exact) mass is 390 g/mol. The highest BCUT2D eigenvalue weighted by Gasteiger charge is 2.24. The quantitative estimate of drug-likeness (QED) is 0.653. The summed E-state index contributed by atoms with van der Waals surface area (Å²) in [4.78, 5) is 17.6. The minimum Gasteiger partial charge on any atom is -0.497 e. The van der Waals surface area contributed by atoms with Gasteiger partial charge in [-0.25, -0.2) is 4.99 Å². The Bertz CT molecular complexity index is 1120. The van der Waals surface area contributed by atoms with Gasteiger partial charge in [0.25, 0.3) is 5.91 Å². The van der Waals surface area contributed by atoms with Gasteiger partial charge in [-0.15, -0.1) is 0 Å². The molecule has 0 aromatic heterocycles. The lowest BCUT2D eigenvalue weighted by molar-refractivity contribution is -0.115. The Morgan fingerprint density at radius 1 is 1.00 bits per heavy atom. The summed E-state index contributed by atoms with van der Waals surface area (Å²) in [6.45, 7) is 0. The molecule has 0 atom stereocenters. The molecule has 1 amide bonds. The molecule has 6 heteroatoms. The fourth-order valence-corrected chi connectivity index (χ4v) is 3.80. The number of amides is 1. The van der Waals surface area contributed by atoms with Crippen molar-refractivity contribution >= 4 is 45.4 Å². The molecule has 0 aliphatic carbocycles. The van der Waals surface area contributed by atoms with Crippen LogP contribution in [0, 0.1) is 0 Å². The molecule has 0 bridgehead atoms. The summed E-state index contributed by atoms with van der Waals surface area (Å²) in [5.74, 6) is 1.15. The highest BCUT2D eigenvalue weighted by Crippen LogP contribution is 2.33. The van der Waals surface area contributed by atoms with Gasteiger partial charge in [0, 0.05) is 17.0 Å². The third kappa shape index (κ3) is 3.59. The fourth-order valence-electron chi connectivity index (χ4n) is 2.97. The standard InChI is InChI=1S/C22H18N2O3S/c1-26-16-11-10-15(19(13-16)27-2)12-20-21(25)24-22(28-20)23-18-9-5-7-14-6-3-4-8-17(14)18/h3-13H,1-2H3,(H,23,24,25). The average Bonchev–Trinajstić information content (AvgIpc) is 3.07. The SMILES string of the molecule is COc1ccc(C=C2SC(=Nc3cccc4ccccc34)NC2=O)c(OC)c1. The van der Waals surface area contributed by atoms with Crippen molar-refractivity contribution in [3.05, 3.63) is 71.1 Å². The van der Waals surface area contributed by atoms with Crippen molar-refractivity contribution < 1.29 is 14.3 Å². The number of fused-ring (bicyclic) bond motifs is 1. The van der Waals surface area contributed by atoms with Crippen LogP contribution in [0.25, 0.3) is 16.8 Å². The van der Waals surface area contributed by atoms with Crippen LogP contribution in [0.1, 0.15) is 5.56 Å². The molecule has 140 valence electrons. The second-order valence-electron chi connectivity index (χ2n) is 6.09. The molecule has 1 fully saturated rings. The first-order chi connectivity index (χ1) is 13.7. The number of carbonyl (C=O) groups is 1. The van der Waals surface area contributed by atoms with E-state index in [1.54, 1.807) is 26.4 Å². The Morgan fingerprint density at radius 2 is 1.82 bits per heavy atom. The first kappa shape index (κ1) is 18.1. The van der Waals surface area contributed by atoms with Crippen LogP contribution < -0.4 is 14.8 Å². The Labute approximate surface area is 167 Å². The van der Waals surface area contributed by atoms with Crippen LogP contribution in [0.3, 0.4) is 0 Å². The summed E-state index contributed by atoms with van der Waals surface area (Å²) >= 11 is 1.31. The molecule has 0 saturated carbocycles. The highest BCUT2D eigenvalue weighted by molar-refractivity contribution is 8.18. The molecule has 1 aliphatic rings. The zero-order chi connectivity index (χ0) is 19.5. The number of nitrogens with zero attached hydrogens (tertiary/aromatic N) is 1. The van der Waals surface area contributed by atoms with E-state index < -0.39 is 0 Å². The van der Waals surface area contributed by atoms with Crippen molar-refractivity contribution in [3.63, 3.8) is 0 Å². The zero-order valence-electron chi connectivity index (χ0n) is 15.4. The average molecular weight is 390 g/mol. The minimum absolute atomic E-state index is 0.179. The predicted molar refractivity (Wildman–Crippen MR) is 114 cm³/mol. The van der Waals surface area contributed by atoms with Gasteiger partial charge in [0.15, 0.2) is 5.17 Å². The molecular formula is C22H18N2O3S. The van der Waals surface area contributed by atoms with Crippen molar-refractivity contribution in [1.29, 1.82) is 0 Å². The van der Waals surface area contributed by atoms with Crippen molar-refractivity contribution in [2.75, 3.05) is 14.2 Å². The number of amidine groups is 1.